The van der Waals surface area contributed by atoms with E-state index in [2.05, 4.69) is 10.3 Å². The van der Waals surface area contributed by atoms with Crippen LogP contribution in [0.2, 0.25) is 0 Å². The maximum Gasteiger partial charge on any atom is 0.406 e. The molecule has 1 aromatic heterocycles. The monoisotopic (exact) mass is 334 g/mol. The van der Waals surface area contributed by atoms with E-state index in [-0.39, 0.29) is 30.6 Å². The van der Waals surface area contributed by atoms with Crippen molar-refractivity contribution in [3.63, 3.8) is 0 Å². The minimum absolute atomic E-state index is 0.0169. The number of carbonyl (C=O) groups is 1. The lowest BCUT2D eigenvalue weighted by Gasteiger charge is -2.36. The van der Waals surface area contributed by atoms with E-state index in [1.54, 1.807) is 4.90 Å². The van der Waals surface area contributed by atoms with Crippen LogP contribution >= 0.6 is 0 Å². The average molecular weight is 334 g/mol. The second-order valence-electron chi connectivity index (χ2n) is 5.63. The van der Waals surface area contributed by atoms with Gasteiger partial charge in [0.25, 0.3) is 0 Å². The first-order valence-electron chi connectivity index (χ1n) is 7.53. The molecule has 0 spiro atoms. The van der Waals surface area contributed by atoms with Crippen molar-refractivity contribution < 1.29 is 22.7 Å². The number of morpholine rings is 1. The molecular weight excluding hydrogens is 313 g/mol. The second kappa shape index (κ2) is 7.20. The smallest absolute Gasteiger partial charge is 0.372 e. The molecule has 0 saturated carbocycles. The molecule has 1 aliphatic heterocycles. The summed E-state index contributed by atoms with van der Waals surface area (Å²) in [6.45, 7) is 3.63. The topological polar surface area (TPSA) is 59.4 Å². The Morgan fingerprint density at radius 1 is 1.48 bits per heavy atom. The van der Waals surface area contributed by atoms with Crippen molar-refractivity contribution in [2.24, 2.45) is 0 Å². The predicted molar refractivity (Wildman–Crippen MR) is 76.7 cm³/mol. The third kappa shape index (κ3) is 5.12. The van der Waals surface area contributed by atoms with Crippen molar-refractivity contribution in [1.82, 2.24) is 19.8 Å². The van der Waals surface area contributed by atoms with Crippen molar-refractivity contribution in [2.45, 2.75) is 51.7 Å². The standard InChI is InChI=1S/C14H21F3N4O2/c1-3-11-8-21(7-10(2)23-11)13(22)19-6-12-18-4-5-20(12)9-14(15,16)17/h4-5,10-11H,3,6-9H2,1-2H3,(H,19,22)/t10-,11-/m0/s1. The number of amides is 2. The summed E-state index contributed by atoms with van der Waals surface area (Å²) in [5.74, 6) is 0.170. The van der Waals surface area contributed by atoms with E-state index in [0.29, 0.717) is 13.1 Å². The molecule has 1 saturated heterocycles. The molecule has 130 valence electrons. The SMILES string of the molecule is CC[C@H]1CN(C(=O)NCc2nccn2CC(F)(F)F)C[C@H](C)O1. The van der Waals surface area contributed by atoms with Crippen molar-refractivity contribution in [2.75, 3.05) is 13.1 Å². The van der Waals surface area contributed by atoms with Gasteiger partial charge in [0.2, 0.25) is 0 Å². The van der Waals surface area contributed by atoms with Gasteiger partial charge in [-0.05, 0) is 13.3 Å². The van der Waals surface area contributed by atoms with Gasteiger partial charge in [-0.2, -0.15) is 13.2 Å². The summed E-state index contributed by atoms with van der Waals surface area (Å²) in [6.07, 6.45) is -1.07. The largest absolute Gasteiger partial charge is 0.406 e. The lowest BCUT2D eigenvalue weighted by molar-refractivity contribution is -0.141. The maximum atomic E-state index is 12.5. The lowest BCUT2D eigenvalue weighted by Crippen LogP contribution is -2.52. The molecule has 1 aromatic rings. The van der Waals surface area contributed by atoms with Crippen LogP contribution < -0.4 is 5.32 Å². The third-order valence-corrected chi connectivity index (χ3v) is 3.62. The summed E-state index contributed by atoms with van der Waals surface area (Å²) < 4.78 is 44.0. The Labute approximate surface area is 132 Å². The number of halogens is 3. The fourth-order valence-corrected chi connectivity index (χ4v) is 2.55. The van der Waals surface area contributed by atoms with Gasteiger partial charge in [-0.1, -0.05) is 6.92 Å². The molecule has 23 heavy (non-hydrogen) atoms. The Hall–Kier alpha value is -1.77. The van der Waals surface area contributed by atoms with Crippen LogP contribution in [-0.4, -0.2) is 52.0 Å². The Morgan fingerprint density at radius 3 is 2.87 bits per heavy atom. The number of hydrogen-bond acceptors (Lipinski definition) is 3. The van der Waals surface area contributed by atoms with E-state index in [4.69, 9.17) is 4.74 Å². The number of urea groups is 1. The fraction of sp³-hybridized carbons (Fsp3) is 0.714. The summed E-state index contributed by atoms with van der Waals surface area (Å²) >= 11 is 0. The molecule has 0 radical (unpaired) electrons. The highest BCUT2D eigenvalue weighted by Crippen LogP contribution is 2.18. The predicted octanol–water partition coefficient (Wildman–Crippen LogP) is 2.15. The number of imidazole rings is 1. The Balaban J connectivity index is 1.91. The molecule has 1 aliphatic rings. The minimum Gasteiger partial charge on any atom is -0.372 e. The molecule has 2 amide bonds. The van der Waals surface area contributed by atoms with Crippen molar-refractivity contribution in [1.29, 1.82) is 0 Å². The summed E-state index contributed by atoms with van der Waals surface area (Å²) in [7, 11) is 0. The number of rotatable bonds is 4. The van der Waals surface area contributed by atoms with Gasteiger partial charge in [0.05, 0.1) is 18.8 Å². The van der Waals surface area contributed by atoms with Crippen LogP contribution in [0, 0.1) is 0 Å². The van der Waals surface area contributed by atoms with Crippen molar-refractivity contribution in [3.05, 3.63) is 18.2 Å². The number of alkyl halides is 3. The van der Waals surface area contributed by atoms with Gasteiger partial charge in [-0.25, -0.2) is 9.78 Å². The minimum atomic E-state index is -4.33. The van der Waals surface area contributed by atoms with Crippen LogP contribution in [-0.2, 0) is 17.8 Å². The summed E-state index contributed by atoms with van der Waals surface area (Å²) in [5.41, 5.74) is 0. The van der Waals surface area contributed by atoms with Crippen LogP contribution in [0.1, 0.15) is 26.1 Å². The second-order valence-corrected chi connectivity index (χ2v) is 5.63. The molecule has 6 nitrogen and oxygen atoms in total. The van der Waals surface area contributed by atoms with Gasteiger partial charge in [0.15, 0.2) is 0 Å². The van der Waals surface area contributed by atoms with Crippen LogP contribution in [0.5, 0.6) is 0 Å². The van der Waals surface area contributed by atoms with Gasteiger partial charge in [-0.15, -0.1) is 0 Å². The Bertz CT molecular complexity index is 532. The normalized spacial score (nSPS) is 22.2. The zero-order valence-corrected chi connectivity index (χ0v) is 13.1. The number of ether oxygens (including phenoxy) is 1. The molecule has 1 N–H and O–H groups in total. The van der Waals surface area contributed by atoms with Gasteiger partial charge < -0.3 is 19.5 Å². The molecule has 2 atom stereocenters. The first-order chi connectivity index (χ1) is 10.8. The average Bonchev–Trinajstić information content (AvgIpc) is 2.89. The highest BCUT2D eigenvalue weighted by Gasteiger charge is 2.30. The Morgan fingerprint density at radius 2 is 2.22 bits per heavy atom. The number of carbonyl (C=O) groups excluding carboxylic acids is 1. The molecule has 0 unspecified atom stereocenters. The number of nitrogens with zero attached hydrogens (tertiary/aromatic N) is 3. The first kappa shape index (κ1) is 17.6. The Kier molecular flexibility index (Phi) is 5.51. The number of hydrogen-bond donors (Lipinski definition) is 1. The van der Waals surface area contributed by atoms with Crippen LogP contribution in [0.4, 0.5) is 18.0 Å². The highest BCUT2D eigenvalue weighted by atomic mass is 19.4. The molecule has 2 rings (SSSR count). The van der Waals surface area contributed by atoms with Gasteiger partial charge >= 0.3 is 12.2 Å². The van der Waals surface area contributed by atoms with E-state index in [1.165, 1.54) is 12.4 Å². The van der Waals surface area contributed by atoms with Crippen LogP contribution in [0.15, 0.2) is 12.4 Å². The molecule has 9 heteroatoms. The highest BCUT2D eigenvalue weighted by molar-refractivity contribution is 5.74. The van der Waals surface area contributed by atoms with E-state index < -0.39 is 12.7 Å². The van der Waals surface area contributed by atoms with Gasteiger partial charge in [-0.3, -0.25) is 0 Å². The van der Waals surface area contributed by atoms with E-state index in [9.17, 15) is 18.0 Å². The zero-order chi connectivity index (χ0) is 17.0. The summed E-state index contributed by atoms with van der Waals surface area (Å²) in [6, 6.07) is -0.319. The number of aromatic nitrogens is 2. The summed E-state index contributed by atoms with van der Waals surface area (Å²) in [4.78, 5) is 17.7. The van der Waals surface area contributed by atoms with Crippen LogP contribution in [0.3, 0.4) is 0 Å². The van der Waals surface area contributed by atoms with Crippen LogP contribution in [0.25, 0.3) is 0 Å². The molecule has 2 heterocycles. The van der Waals surface area contributed by atoms with E-state index in [1.807, 2.05) is 13.8 Å². The molecule has 1 fully saturated rings. The third-order valence-electron chi connectivity index (χ3n) is 3.62. The van der Waals surface area contributed by atoms with E-state index in [0.717, 1.165) is 11.0 Å². The number of nitrogens with one attached hydrogen (secondary N) is 1. The molecule has 0 bridgehead atoms. The molecular formula is C14H21F3N4O2. The zero-order valence-electron chi connectivity index (χ0n) is 13.1. The fourth-order valence-electron chi connectivity index (χ4n) is 2.55. The van der Waals surface area contributed by atoms with Gasteiger partial charge in [0, 0.05) is 25.5 Å². The van der Waals surface area contributed by atoms with E-state index >= 15 is 0 Å². The summed E-state index contributed by atoms with van der Waals surface area (Å²) in [5, 5.41) is 2.63. The van der Waals surface area contributed by atoms with Gasteiger partial charge in [0.1, 0.15) is 12.4 Å². The first-order valence-corrected chi connectivity index (χ1v) is 7.53. The maximum absolute atomic E-state index is 12.5. The molecule has 0 aromatic carbocycles. The lowest BCUT2D eigenvalue weighted by atomic mass is 10.2. The molecule has 0 aliphatic carbocycles. The van der Waals surface area contributed by atoms with Crippen molar-refractivity contribution >= 4 is 6.03 Å². The van der Waals surface area contributed by atoms with Crippen molar-refractivity contribution in [3.8, 4) is 0 Å². The quantitative estimate of drug-likeness (QED) is 0.918.